The SMILES string of the molecule is C=CCNc1cc(NC(C)(C)CC(=O)O)nc(C)n1. The molecule has 0 aliphatic carbocycles. The third kappa shape index (κ3) is 5.37. The minimum atomic E-state index is -0.853. The maximum atomic E-state index is 10.8. The molecular formula is C13H20N4O2. The molecule has 19 heavy (non-hydrogen) atoms. The second-order valence-corrected chi connectivity index (χ2v) is 4.93. The van der Waals surface area contributed by atoms with E-state index in [1.807, 2.05) is 13.8 Å². The van der Waals surface area contributed by atoms with Crippen LogP contribution in [0.5, 0.6) is 0 Å². The smallest absolute Gasteiger partial charge is 0.305 e. The Balaban J connectivity index is 2.85. The van der Waals surface area contributed by atoms with Crippen molar-refractivity contribution in [3.8, 4) is 0 Å². The van der Waals surface area contributed by atoms with E-state index >= 15 is 0 Å². The Hall–Kier alpha value is -2.11. The molecule has 0 radical (unpaired) electrons. The molecule has 6 nitrogen and oxygen atoms in total. The molecule has 0 bridgehead atoms. The van der Waals surface area contributed by atoms with Crippen LogP contribution in [0.4, 0.5) is 11.6 Å². The van der Waals surface area contributed by atoms with Crippen molar-refractivity contribution in [2.75, 3.05) is 17.2 Å². The summed E-state index contributed by atoms with van der Waals surface area (Å²) in [4.78, 5) is 19.3. The van der Waals surface area contributed by atoms with E-state index in [1.165, 1.54) is 0 Å². The number of aryl methyl sites for hydroxylation is 1. The minimum Gasteiger partial charge on any atom is -0.481 e. The maximum absolute atomic E-state index is 10.8. The summed E-state index contributed by atoms with van der Waals surface area (Å²) in [6, 6.07) is 1.75. The summed E-state index contributed by atoms with van der Waals surface area (Å²) >= 11 is 0. The van der Waals surface area contributed by atoms with Gasteiger partial charge in [0.05, 0.1) is 6.42 Å². The first-order chi connectivity index (χ1) is 8.82. The lowest BCUT2D eigenvalue weighted by Crippen LogP contribution is -2.34. The van der Waals surface area contributed by atoms with Crippen molar-refractivity contribution in [3.63, 3.8) is 0 Å². The van der Waals surface area contributed by atoms with Crippen LogP contribution >= 0.6 is 0 Å². The molecule has 1 heterocycles. The van der Waals surface area contributed by atoms with Crippen LogP contribution in [0.1, 0.15) is 26.1 Å². The minimum absolute atomic E-state index is 0.00543. The van der Waals surface area contributed by atoms with E-state index in [1.54, 1.807) is 19.1 Å². The summed E-state index contributed by atoms with van der Waals surface area (Å²) in [6.07, 6.45) is 1.74. The van der Waals surface area contributed by atoms with Gasteiger partial charge in [0.25, 0.3) is 0 Å². The first-order valence-corrected chi connectivity index (χ1v) is 6.03. The van der Waals surface area contributed by atoms with Crippen LogP contribution in [-0.4, -0.2) is 33.1 Å². The summed E-state index contributed by atoms with van der Waals surface area (Å²) in [5.74, 6) is 1.04. The van der Waals surface area contributed by atoms with Crippen LogP contribution in [-0.2, 0) is 4.79 Å². The highest BCUT2D eigenvalue weighted by molar-refractivity contribution is 5.69. The number of carboxylic acid groups (broad SMARTS) is 1. The normalized spacial score (nSPS) is 10.9. The van der Waals surface area contributed by atoms with Gasteiger partial charge in [-0.25, -0.2) is 9.97 Å². The molecule has 1 aromatic heterocycles. The molecule has 0 saturated carbocycles. The predicted octanol–water partition coefficient (Wildman–Crippen LogP) is 2.05. The molecule has 0 fully saturated rings. The number of aromatic nitrogens is 2. The third-order valence-electron chi connectivity index (χ3n) is 2.33. The van der Waals surface area contributed by atoms with Gasteiger partial charge in [0, 0.05) is 18.2 Å². The monoisotopic (exact) mass is 264 g/mol. The molecule has 0 spiro atoms. The van der Waals surface area contributed by atoms with Gasteiger partial charge in [0.1, 0.15) is 17.5 Å². The first-order valence-electron chi connectivity index (χ1n) is 6.03. The number of hydrogen-bond acceptors (Lipinski definition) is 5. The van der Waals surface area contributed by atoms with E-state index < -0.39 is 11.5 Å². The zero-order chi connectivity index (χ0) is 14.5. The zero-order valence-corrected chi connectivity index (χ0v) is 11.5. The Morgan fingerprint density at radius 1 is 1.47 bits per heavy atom. The van der Waals surface area contributed by atoms with Gasteiger partial charge in [0.2, 0.25) is 0 Å². The Kier molecular flexibility index (Phi) is 4.86. The number of nitrogens with one attached hydrogen (secondary N) is 2. The molecule has 0 saturated heterocycles. The lowest BCUT2D eigenvalue weighted by atomic mass is 10.0. The van der Waals surface area contributed by atoms with Gasteiger partial charge in [-0.05, 0) is 20.8 Å². The van der Waals surface area contributed by atoms with E-state index in [9.17, 15) is 4.79 Å². The van der Waals surface area contributed by atoms with Crippen molar-refractivity contribution in [1.29, 1.82) is 0 Å². The number of carbonyl (C=O) groups is 1. The Bertz CT molecular complexity index is 472. The number of hydrogen-bond donors (Lipinski definition) is 3. The molecule has 6 heteroatoms. The molecule has 104 valence electrons. The number of aliphatic carboxylic acids is 1. The van der Waals surface area contributed by atoms with Gasteiger partial charge in [-0.1, -0.05) is 6.08 Å². The average molecular weight is 264 g/mol. The fraction of sp³-hybridized carbons (Fsp3) is 0.462. The third-order valence-corrected chi connectivity index (χ3v) is 2.33. The molecule has 0 amide bonds. The molecule has 0 atom stereocenters. The molecule has 0 aliphatic rings. The largest absolute Gasteiger partial charge is 0.481 e. The Labute approximate surface area is 113 Å². The average Bonchev–Trinajstić information content (AvgIpc) is 2.22. The van der Waals surface area contributed by atoms with Crippen LogP contribution in [0.2, 0.25) is 0 Å². The second kappa shape index (κ2) is 6.17. The molecule has 0 aromatic carbocycles. The molecule has 3 N–H and O–H groups in total. The number of carboxylic acids is 1. The fourth-order valence-corrected chi connectivity index (χ4v) is 1.67. The second-order valence-electron chi connectivity index (χ2n) is 4.93. The van der Waals surface area contributed by atoms with Crippen molar-refractivity contribution < 1.29 is 9.90 Å². The summed E-state index contributed by atoms with van der Waals surface area (Å²) < 4.78 is 0. The number of nitrogens with zero attached hydrogens (tertiary/aromatic N) is 2. The number of anilines is 2. The fourth-order valence-electron chi connectivity index (χ4n) is 1.67. The Morgan fingerprint density at radius 2 is 2.11 bits per heavy atom. The van der Waals surface area contributed by atoms with Gasteiger partial charge >= 0.3 is 5.97 Å². The van der Waals surface area contributed by atoms with E-state index in [0.717, 1.165) is 0 Å². The molecule has 1 rings (SSSR count). The maximum Gasteiger partial charge on any atom is 0.305 e. The van der Waals surface area contributed by atoms with Crippen LogP contribution in [0, 0.1) is 6.92 Å². The highest BCUT2D eigenvalue weighted by Gasteiger charge is 2.22. The van der Waals surface area contributed by atoms with Crippen molar-refractivity contribution in [2.45, 2.75) is 32.7 Å². The standard InChI is InChI=1S/C13H20N4O2/c1-5-6-14-10-7-11(16-9(2)15-10)17-13(3,4)8-12(18)19/h5,7H,1,6,8H2,2-4H3,(H,18,19)(H2,14,15,16,17). The van der Waals surface area contributed by atoms with Gasteiger partial charge in [-0.3, -0.25) is 4.79 Å². The van der Waals surface area contributed by atoms with Crippen molar-refractivity contribution in [3.05, 3.63) is 24.5 Å². The molecule has 0 unspecified atom stereocenters. The number of rotatable bonds is 7. The predicted molar refractivity (Wildman–Crippen MR) is 75.4 cm³/mol. The zero-order valence-electron chi connectivity index (χ0n) is 11.5. The quantitative estimate of drug-likeness (QED) is 0.653. The summed E-state index contributed by atoms with van der Waals surface area (Å²) in [5.41, 5.74) is -0.581. The van der Waals surface area contributed by atoms with Crippen LogP contribution in [0.3, 0.4) is 0 Å². The van der Waals surface area contributed by atoms with Gasteiger partial charge in [0.15, 0.2) is 0 Å². The summed E-state index contributed by atoms with van der Waals surface area (Å²) in [5, 5.41) is 15.0. The van der Waals surface area contributed by atoms with E-state index in [2.05, 4.69) is 27.2 Å². The summed E-state index contributed by atoms with van der Waals surface area (Å²) in [7, 11) is 0. The lowest BCUT2D eigenvalue weighted by Gasteiger charge is -2.25. The van der Waals surface area contributed by atoms with Crippen LogP contribution in [0.25, 0.3) is 0 Å². The molecular weight excluding hydrogens is 244 g/mol. The van der Waals surface area contributed by atoms with E-state index in [4.69, 9.17) is 5.11 Å². The highest BCUT2D eigenvalue weighted by Crippen LogP contribution is 2.18. The van der Waals surface area contributed by atoms with Crippen LogP contribution < -0.4 is 10.6 Å². The topological polar surface area (TPSA) is 87.1 Å². The van der Waals surface area contributed by atoms with Crippen LogP contribution in [0.15, 0.2) is 18.7 Å². The highest BCUT2D eigenvalue weighted by atomic mass is 16.4. The van der Waals surface area contributed by atoms with Crippen molar-refractivity contribution in [1.82, 2.24) is 9.97 Å². The van der Waals surface area contributed by atoms with Gasteiger partial charge in [-0.2, -0.15) is 0 Å². The first kappa shape index (κ1) is 14.9. The lowest BCUT2D eigenvalue weighted by molar-refractivity contribution is -0.137. The van der Waals surface area contributed by atoms with Gasteiger partial charge in [-0.15, -0.1) is 6.58 Å². The van der Waals surface area contributed by atoms with E-state index in [-0.39, 0.29) is 6.42 Å². The molecule has 1 aromatic rings. The molecule has 0 aliphatic heterocycles. The van der Waals surface area contributed by atoms with Crippen molar-refractivity contribution in [2.24, 2.45) is 0 Å². The van der Waals surface area contributed by atoms with Gasteiger partial charge < -0.3 is 15.7 Å². The Morgan fingerprint density at radius 3 is 2.68 bits per heavy atom. The van der Waals surface area contributed by atoms with E-state index in [0.29, 0.717) is 24.0 Å². The van der Waals surface area contributed by atoms with Crippen molar-refractivity contribution >= 4 is 17.6 Å². The summed E-state index contributed by atoms with van der Waals surface area (Å²) in [6.45, 7) is 9.65.